The zero-order chi connectivity index (χ0) is 14.5. The lowest BCUT2D eigenvalue weighted by Crippen LogP contribution is -2.11. The van der Waals surface area contributed by atoms with Crippen molar-refractivity contribution in [2.75, 3.05) is 11.9 Å². The fourth-order valence-electron chi connectivity index (χ4n) is 2.02. The maximum Gasteiger partial charge on any atom is 0.303 e. The van der Waals surface area contributed by atoms with E-state index in [1.807, 2.05) is 13.0 Å². The largest absolute Gasteiger partial charge is 0.481 e. The Kier molecular flexibility index (Phi) is 4.49. The molecule has 0 saturated heterocycles. The van der Waals surface area contributed by atoms with Crippen molar-refractivity contribution in [2.24, 2.45) is 5.92 Å². The van der Waals surface area contributed by atoms with Crippen molar-refractivity contribution in [3.63, 3.8) is 0 Å². The molecular formula is C13H19N5O2. The molecule has 0 spiro atoms. The first kappa shape index (κ1) is 14.2. The van der Waals surface area contributed by atoms with Crippen LogP contribution >= 0.6 is 0 Å². The predicted molar refractivity (Wildman–Crippen MR) is 74.7 cm³/mol. The number of aromatic nitrogens is 4. The molecule has 0 aliphatic rings. The summed E-state index contributed by atoms with van der Waals surface area (Å²) in [7, 11) is 0. The Bertz CT molecular complexity index is 595. The molecule has 0 aliphatic carbocycles. The normalized spacial score (nSPS) is 12.5. The van der Waals surface area contributed by atoms with Gasteiger partial charge in [0.15, 0.2) is 0 Å². The highest BCUT2D eigenvalue weighted by Crippen LogP contribution is 2.13. The average Bonchev–Trinajstić information content (AvgIpc) is 2.84. The number of carbonyl (C=O) groups is 1. The lowest BCUT2D eigenvalue weighted by molar-refractivity contribution is -0.137. The summed E-state index contributed by atoms with van der Waals surface area (Å²) in [5.74, 6) is 1.06. The van der Waals surface area contributed by atoms with Gasteiger partial charge in [-0.3, -0.25) is 4.79 Å². The van der Waals surface area contributed by atoms with E-state index in [-0.39, 0.29) is 6.42 Å². The zero-order valence-electron chi connectivity index (χ0n) is 11.7. The molecule has 2 N–H and O–H groups in total. The monoisotopic (exact) mass is 277 g/mol. The van der Waals surface area contributed by atoms with Crippen LogP contribution in [0.3, 0.4) is 0 Å². The number of anilines is 1. The maximum atomic E-state index is 10.5. The number of aryl methyl sites for hydroxylation is 1. The van der Waals surface area contributed by atoms with E-state index in [0.29, 0.717) is 18.1 Å². The molecule has 0 saturated carbocycles. The summed E-state index contributed by atoms with van der Waals surface area (Å²) in [5.41, 5.74) is 0.881. The Morgan fingerprint density at radius 1 is 1.50 bits per heavy atom. The molecule has 0 amide bonds. The Balaban J connectivity index is 1.89. The summed E-state index contributed by atoms with van der Waals surface area (Å²) in [5, 5.41) is 16.1. The third kappa shape index (κ3) is 3.66. The zero-order valence-corrected chi connectivity index (χ0v) is 11.7. The molecule has 0 aromatic carbocycles. The summed E-state index contributed by atoms with van der Waals surface area (Å²) in [4.78, 5) is 18.9. The van der Waals surface area contributed by atoms with Crippen LogP contribution in [-0.2, 0) is 4.79 Å². The Labute approximate surface area is 117 Å². The molecule has 0 aliphatic heterocycles. The summed E-state index contributed by atoms with van der Waals surface area (Å²) >= 11 is 0. The smallest absolute Gasteiger partial charge is 0.303 e. The highest BCUT2D eigenvalue weighted by atomic mass is 16.4. The van der Waals surface area contributed by atoms with Gasteiger partial charge in [-0.15, -0.1) is 0 Å². The third-order valence-corrected chi connectivity index (χ3v) is 3.17. The van der Waals surface area contributed by atoms with Crippen LogP contribution in [0.15, 0.2) is 12.4 Å². The predicted octanol–water partition coefficient (Wildman–Crippen LogP) is 1.74. The van der Waals surface area contributed by atoms with Crippen LogP contribution in [0.2, 0.25) is 0 Å². The van der Waals surface area contributed by atoms with Crippen LogP contribution in [0.1, 0.15) is 31.9 Å². The first-order valence-corrected chi connectivity index (χ1v) is 6.69. The number of carboxylic acids is 1. The van der Waals surface area contributed by atoms with E-state index in [4.69, 9.17) is 5.11 Å². The van der Waals surface area contributed by atoms with Crippen molar-refractivity contribution in [1.29, 1.82) is 0 Å². The van der Waals surface area contributed by atoms with Gasteiger partial charge in [0.05, 0.1) is 0 Å². The van der Waals surface area contributed by atoms with E-state index < -0.39 is 5.97 Å². The molecule has 0 bridgehead atoms. The standard InChI is InChI=1S/C13H19N5O2/c1-9(3-4-12(19)20)5-6-14-11-7-10(2)17-13-15-8-16-18(11)13/h7-9,14H,3-6H2,1-2H3,(H,19,20). The van der Waals surface area contributed by atoms with Gasteiger partial charge >= 0.3 is 5.97 Å². The number of carboxylic acid groups (broad SMARTS) is 1. The van der Waals surface area contributed by atoms with Crippen LogP contribution in [0.4, 0.5) is 5.82 Å². The average molecular weight is 277 g/mol. The minimum absolute atomic E-state index is 0.225. The third-order valence-electron chi connectivity index (χ3n) is 3.17. The summed E-state index contributed by atoms with van der Waals surface area (Å²) < 4.78 is 1.66. The fourth-order valence-corrected chi connectivity index (χ4v) is 2.02. The van der Waals surface area contributed by atoms with Gasteiger partial charge in [0.1, 0.15) is 12.1 Å². The van der Waals surface area contributed by atoms with Crippen molar-refractivity contribution >= 4 is 17.6 Å². The number of aliphatic carboxylic acids is 1. The van der Waals surface area contributed by atoms with E-state index in [1.165, 1.54) is 6.33 Å². The van der Waals surface area contributed by atoms with E-state index in [9.17, 15) is 4.79 Å². The highest BCUT2D eigenvalue weighted by Gasteiger charge is 2.07. The highest BCUT2D eigenvalue weighted by molar-refractivity contribution is 5.66. The number of hydrogen-bond donors (Lipinski definition) is 2. The van der Waals surface area contributed by atoms with E-state index in [2.05, 4.69) is 27.3 Å². The van der Waals surface area contributed by atoms with Crippen molar-refractivity contribution in [1.82, 2.24) is 19.6 Å². The van der Waals surface area contributed by atoms with Crippen LogP contribution in [-0.4, -0.2) is 37.2 Å². The molecule has 2 aromatic heterocycles. The maximum absolute atomic E-state index is 10.5. The topological polar surface area (TPSA) is 92.4 Å². The Hall–Kier alpha value is -2.18. The van der Waals surface area contributed by atoms with Crippen molar-refractivity contribution in [2.45, 2.75) is 33.1 Å². The van der Waals surface area contributed by atoms with Gasteiger partial charge in [0, 0.05) is 24.7 Å². The first-order valence-electron chi connectivity index (χ1n) is 6.69. The van der Waals surface area contributed by atoms with Crippen molar-refractivity contribution in [3.05, 3.63) is 18.1 Å². The van der Waals surface area contributed by atoms with Gasteiger partial charge in [-0.2, -0.15) is 14.6 Å². The first-order chi connectivity index (χ1) is 9.56. The van der Waals surface area contributed by atoms with E-state index >= 15 is 0 Å². The summed E-state index contributed by atoms with van der Waals surface area (Å²) in [6, 6.07) is 1.92. The molecule has 2 heterocycles. The van der Waals surface area contributed by atoms with Gasteiger partial charge in [-0.05, 0) is 25.7 Å². The van der Waals surface area contributed by atoms with Crippen molar-refractivity contribution in [3.8, 4) is 0 Å². The van der Waals surface area contributed by atoms with E-state index in [1.54, 1.807) is 4.52 Å². The molecule has 7 heteroatoms. The summed E-state index contributed by atoms with van der Waals surface area (Å²) in [6.07, 6.45) is 3.31. The number of hydrogen-bond acceptors (Lipinski definition) is 5. The van der Waals surface area contributed by atoms with E-state index in [0.717, 1.165) is 24.5 Å². The number of fused-ring (bicyclic) bond motifs is 1. The van der Waals surface area contributed by atoms with Gasteiger partial charge in [-0.25, -0.2) is 4.98 Å². The van der Waals surface area contributed by atoms with Crippen LogP contribution in [0.5, 0.6) is 0 Å². The molecule has 20 heavy (non-hydrogen) atoms. The quantitative estimate of drug-likeness (QED) is 0.800. The van der Waals surface area contributed by atoms with Crippen molar-refractivity contribution < 1.29 is 9.90 Å². The Morgan fingerprint density at radius 2 is 2.30 bits per heavy atom. The van der Waals surface area contributed by atoms with Crippen LogP contribution in [0, 0.1) is 12.8 Å². The molecular weight excluding hydrogens is 258 g/mol. The molecule has 7 nitrogen and oxygen atoms in total. The minimum atomic E-state index is -0.737. The molecule has 1 unspecified atom stereocenters. The molecule has 0 fully saturated rings. The second-order valence-electron chi connectivity index (χ2n) is 5.01. The second kappa shape index (κ2) is 6.31. The minimum Gasteiger partial charge on any atom is -0.481 e. The number of rotatable bonds is 7. The SMILES string of the molecule is Cc1cc(NCCC(C)CCC(=O)O)n2ncnc2n1. The van der Waals surface area contributed by atoms with Gasteiger partial charge in [0.25, 0.3) is 5.78 Å². The van der Waals surface area contributed by atoms with Crippen LogP contribution < -0.4 is 5.32 Å². The second-order valence-corrected chi connectivity index (χ2v) is 5.01. The molecule has 108 valence electrons. The molecule has 2 aromatic rings. The lowest BCUT2D eigenvalue weighted by atomic mass is 10.0. The molecule has 0 radical (unpaired) electrons. The molecule has 2 rings (SSSR count). The van der Waals surface area contributed by atoms with Gasteiger partial charge in [0.2, 0.25) is 0 Å². The Morgan fingerprint density at radius 3 is 3.05 bits per heavy atom. The van der Waals surface area contributed by atoms with Gasteiger partial charge in [-0.1, -0.05) is 6.92 Å². The number of nitrogens with zero attached hydrogens (tertiary/aromatic N) is 4. The lowest BCUT2D eigenvalue weighted by Gasteiger charge is -2.12. The molecule has 1 atom stereocenters. The summed E-state index contributed by atoms with van der Waals surface area (Å²) in [6.45, 7) is 4.74. The van der Waals surface area contributed by atoms with Crippen LogP contribution in [0.25, 0.3) is 5.78 Å². The fraction of sp³-hybridized carbons (Fsp3) is 0.538. The van der Waals surface area contributed by atoms with Gasteiger partial charge < -0.3 is 10.4 Å². The number of nitrogens with one attached hydrogen (secondary N) is 1.